The van der Waals surface area contributed by atoms with Gasteiger partial charge >= 0.3 is 5.97 Å². The number of carboxylic acid groups (broad SMARTS) is 1. The second-order valence-electron chi connectivity index (χ2n) is 8.35. The van der Waals surface area contributed by atoms with Crippen molar-refractivity contribution in [3.63, 3.8) is 0 Å². The van der Waals surface area contributed by atoms with Crippen LogP contribution >= 0.6 is 0 Å². The number of hydrogen-bond donors (Lipinski definition) is 4. The van der Waals surface area contributed by atoms with Gasteiger partial charge in [-0.25, -0.2) is 4.79 Å². The summed E-state index contributed by atoms with van der Waals surface area (Å²) in [6.45, 7) is 1.53. The molecule has 3 aliphatic carbocycles. The van der Waals surface area contributed by atoms with Crippen LogP contribution in [0, 0.1) is 17.3 Å². The molecule has 1 aromatic carbocycles. The quantitative estimate of drug-likeness (QED) is 0.599. The van der Waals surface area contributed by atoms with E-state index in [1.165, 1.54) is 0 Å². The maximum absolute atomic E-state index is 10.7. The Morgan fingerprint density at radius 1 is 1.37 bits per heavy atom. The van der Waals surface area contributed by atoms with Gasteiger partial charge in [-0.2, -0.15) is 0 Å². The first kappa shape index (κ1) is 18.3. The number of aromatic hydroxyl groups is 1. The molecular formula is C20H25NO6. The summed E-state index contributed by atoms with van der Waals surface area (Å²) in [7, 11) is 0. The Hall–Kier alpha value is -2.12. The van der Waals surface area contributed by atoms with Crippen LogP contribution in [-0.4, -0.2) is 50.9 Å². The number of fused-ring (bicyclic) bond motifs is 5. The van der Waals surface area contributed by atoms with Gasteiger partial charge in [0.2, 0.25) is 6.61 Å². The zero-order valence-corrected chi connectivity index (χ0v) is 15.2. The van der Waals surface area contributed by atoms with Gasteiger partial charge in [0.1, 0.15) is 5.75 Å². The molecule has 0 spiro atoms. The average Bonchev–Trinajstić information content (AvgIpc) is 2.85. The molecule has 4 N–H and O–H groups in total. The predicted molar refractivity (Wildman–Crippen MR) is 96.5 cm³/mol. The number of carbonyl (C=O) groups is 1. The van der Waals surface area contributed by atoms with Gasteiger partial charge in [0.05, 0.1) is 17.9 Å². The van der Waals surface area contributed by atoms with Gasteiger partial charge in [-0.15, -0.1) is 0 Å². The zero-order valence-electron chi connectivity index (χ0n) is 15.2. The van der Waals surface area contributed by atoms with Gasteiger partial charge in [0, 0.05) is 5.56 Å². The normalized spacial score (nSPS) is 38.8. The minimum atomic E-state index is -1.10. The van der Waals surface area contributed by atoms with E-state index in [1.54, 1.807) is 12.1 Å². The van der Waals surface area contributed by atoms with E-state index in [2.05, 4.69) is 12.1 Å². The molecule has 1 aromatic rings. The third-order valence-electron chi connectivity index (χ3n) is 6.95. The van der Waals surface area contributed by atoms with Crippen molar-refractivity contribution < 1.29 is 30.1 Å². The zero-order chi connectivity index (χ0) is 19.3. The summed E-state index contributed by atoms with van der Waals surface area (Å²) in [5, 5.41) is 43.6. The average molecular weight is 375 g/mol. The number of aliphatic hydroxyl groups is 2. The van der Waals surface area contributed by atoms with Crippen LogP contribution in [0.3, 0.4) is 0 Å². The van der Waals surface area contributed by atoms with E-state index in [0.29, 0.717) is 18.6 Å². The molecule has 0 aliphatic heterocycles. The lowest BCUT2D eigenvalue weighted by atomic mass is 9.55. The highest BCUT2D eigenvalue weighted by Crippen LogP contribution is 2.61. The maximum atomic E-state index is 10.7. The molecule has 27 heavy (non-hydrogen) atoms. The van der Waals surface area contributed by atoms with Gasteiger partial charge in [0.25, 0.3) is 0 Å². The molecule has 2 saturated carbocycles. The standard InChI is InChI=1S/C20H25NO6/c1-20-5-4-12-11-3-2-10(22)6-14(11)16(21-27-9-18(24)25)7-13(12)15(20)8-17(23)19(20)26/h2-3,6,12-13,15,17,19,22-23,26H,4-5,7-9H2,1H3,(H,24,25)/b21-16+/t12?,13?,15?,17-,19+,20?/m1/s1. The van der Waals surface area contributed by atoms with E-state index in [4.69, 9.17) is 9.94 Å². The van der Waals surface area contributed by atoms with Crippen LogP contribution in [0.5, 0.6) is 5.75 Å². The van der Waals surface area contributed by atoms with Crippen molar-refractivity contribution in [1.82, 2.24) is 0 Å². The molecule has 146 valence electrons. The highest BCUT2D eigenvalue weighted by atomic mass is 16.6. The Balaban J connectivity index is 1.73. The second-order valence-corrected chi connectivity index (χ2v) is 8.35. The molecule has 6 atom stereocenters. The molecule has 0 saturated heterocycles. The molecule has 0 amide bonds. The van der Waals surface area contributed by atoms with Gasteiger partial charge < -0.3 is 25.3 Å². The minimum Gasteiger partial charge on any atom is -0.508 e. The number of carboxylic acids is 1. The largest absolute Gasteiger partial charge is 0.508 e. The van der Waals surface area contributed by atoms with Gasteiger partial charge in [-0.1, -0.05) is 18.1 Å². The van der Waals surface area contributed by atoms with Crippen molar-refractivity contribution in [2.45, 2.75) is 50.7 Å². The fourth-order valence-electron chi connectivity index (χ4n) is 5.65. The maximum Gasteiger partial charge on any atom is 0.344 e. The molecular weight excluding hydrogens is 350 g/mol. The van der Waals surface area contributed by atoms with Crippen molar-refractivity contribution in [2.75, 3.05) is 6.61 Å². The molecule has 7 heteroatoms. The van der Waals surface area contributed by atoms with Crippen molar-refractivity contribution in [1.29, 1.82) is 0 Å². The molecule has 7 nitrogen and oxygen atoms in total. The van der Waals surface area contributed by atoms with E-state index in [1.807, 2.05) is 6.07 Å². The first-order valence-electron chi connectivity index (χ1n) is 9.41. The lowest BCUT2D eigenvalue weighted by molar-refractivity contribution is -0.142. The van der Waals surface area contributed by atoms with Crippen LogP contribution < -0.4 is 0 Å². The number of aliphatic carboxylic acids is 1. The number of phenolic OH excluding ortho intramolecular Hbond substituents is 1. The van der Waals surface area contributed by atoms with Crippen molar-refractivity contribution in [2.24, 2.45) is 22.4 Å². The summed E-state index contributed by atoms with van der Waals surface area (Å²) >= 11 is 0. The smallest absolute Gasteiger partial charge is 0.344 e. The molecule has 0 bridgehead atoms. The third kappa shape index (κ3) is 2.89. The molecule has 0 aromatic heterocycles. The fraction of sp³-hybridized carbons (Fsp3) is 0.600. The number of oxime groups is 1. The molecule has 4 unspecified atom stereocenters. The van der Waals surface area contributed by atoms with Crippen LogP contribution in [0.2, 0.25) is 0 Å². The predicted octanol–water partition coefficient (Wildman–Crippen LogP) is 1.84. The van der Waals surface area contributed by atoms with E-state index in [-0.39, 0.29) is 28.9 Å². The Morgan fingerprint density at radius 2 is 2.15 bits per heavy atom. The van der Waals surface area contributed by atoms with E-state index in [0.717, 1.165) is 24.0 Å². The number of nitrogens with zero attached hydrogens (tertiary/aromatic N) is 1. The summed E-state index contributed by atoms with van der Waals surface area (Å²) in [4.78, 5) is 15.7. The fourth-order valence-corrected chi connectivity index (χ4v) is 5.65. The lowest BCUT2D eigenvalue weighted by Gasteiger charge is -2.49. The third-order valence-corrected chi connectivity index (χ3v) is 6.95. The Morgan fingerprint density at radius 3 is 2.89 bits per heavy atom. The van der Waals surface area contributed by atoms with Crippen LogP contribution in [-0.2, 0) is 9.63 Å². The summed E-state index contributed by atoms with van der Waals surface area (Å²) < 4.78 is 0. The monoisotopic (exact) mass is 375 g/mol. The van der Waals surface area contributed by atoms with Gasteiger partial charge in [-0.05, 0) is 66.5 Å². The Bertz CT molecular complexity index is 793. The minimum absolute atomic E-state index is 0.130. The van der Waals surface area contributed by atoms with Crippen LogP contribution in [0.15, 0.2) is 23.4 Å². The number of benzene rings is 1. The highest BCUT2D eigenvalue weighted by Gasteiger charge is 2.58. The lowest BCUT2D eigenvalue weighted by Crippen LogP contribution is -2.45. The molecule has 4 rings (SSSR count). The Kier molecular flexibility index (Phi) is 4.39. The van der Waals surface area contributed by atoms with Crippen molar-refractivity contribution in [3.05, 3.63) is 29.3 Å². The number of phenols is 1. The topological polar surface area (TPSA) is 120 Å². The Labute approximate surface area is 157 Å². The second kappa shape index (κ2) is 6.49. The molecule has 3 aliphatic rings. The summed E-state index contributed by atoms with van der Waals surface area (Å²) in [5.74, 6) is -0.385. The van der Waals surface area contributed by atoms with Crippen molar-refractivity contribution in [3.8, 4) is 5.75 Å². The van der Waals surface area contributed by atoms with Gasteiger partial charge in [0.15, 0.2) is 0 Å². The molecule has 2 fully saturated rings. The molecule has 0 heterocycles. The number of rotatable bonds is 3. The van der Waals surface area contributed by atoms with E-state index >= 15 is 0 Å². The van der Waals surface area contributed by atoms with Crippen LogP contribution in [0.25, 0.3) is 0 Å². The van der Waals surface area contributed by atoms with E-state index < -0.39 is 24.8 Å². The highest BCUT2D eigenvalue weighted by molar-refractivity contribution is 6.03. The van der Waals surface area contributed by atoms with Crippen molar-refractivity contribution >= 4 is 11.7 Å². The SMILES string of the molecule is CC12CCC3c4ccc(O)cc4/C(=N/OCC(=O)O)CC3C1C[C@@H](O)[C@@H]2O. The summed E-state index contributed by atoms with van der Waals surface area (Å²) in [5.41, 5.74) is 2.15. The number of hydrogen-bond acceptors (Lipinski definition) is 6. The number of aliphatic hydroxyl groups excluding tert-OH is 2. The first-order valence-corrected chi connectivity index (χ1v) is 9.41. The van der Waals surface area contributed by atoms with E-state index in [9.17, 15) is 20.1 Å². The van der Waals surface area contributed by atoms with Crippen LogP contribution in [0.4, 0.5) is 0 Å². The molecule has 0 radical (unpaired) electrons. The van der Waals surface area contributed by atoms with Gasteiger partial charge in [-0.3, -0.25) is 0 Å². The van der Waals surface area contributed by atoms with Crippen LogP contribution in [0.1, 0.15) is 49.7 Å². The first-order chi connectivity index (χ1) is 12.8. The summed E-state index contributed by atoms with van der Waals surface area (Å²) in [6, 6.07) is 5.21. The summed E-state index contributed by atoms with van der Waals surface area (Å²) in [6.07, 6.45) is 1.40.